The van der Waals surface area contributed by atoms with Crippen LogP contribution in [0.3, 0.4) is 0 Å². The summed E-state index contributed by atoms with van der Waals surface area (Å²) in [7, 11) is 0. The first-order valence-corrected chi connectivity index (χ1v) is 38.6. The Morgan fingerprint density at radius 3 is 1.43 bits per heavy atom. The zero-order chi connectivity index (χ0) is 71.6. The normalized spacial score (nSPS) is 11.6. The standard InChI is InChI=1S/C26H15ClN2O.C22H13BrN2O.C22H11ClN2S2.C20H11ClN2S/c27-26-28-24(23-21-8-4-5-9-22(21)30-25(23)29-26)20-13-12-18-14-17(10-11-19(18)15-20)16-6-2-1-3-7-16;23-16-12-10-15(11-13-16)21-24-20(14-6-2-1-3-7-14)19-17-8-4-5-9-18(17)26-22(19)25-21;23-22-24-20(19-15-6-2-4-8-17(15)27-21(19)25-22)12-9-10-14-13-5-1-3-7-16(13)26-18(14)11-12;21-18-17-15-9-3-4-11-16(15)24-20(17)23-19(22-18)14-10-5-7-12-6-1-2-8-13(12)14/h1-15H;1-13H;1-11H;1-11H. The van der Waals surface area contributed by atoms with E-state index in [1.165, 1.54) is 56.9 Å². The van der Waals surface area contributed by atoms with Gasteiger partial charge in [-0.05, 0) is 117 Å². The van der Waals surface area contributed by atoms with Gasteiger partial charge in [-0.15, -0.1) is 34.0 Å². The molecular formula is C90H50BrCl3N8O2S3. The summed E-state index contributed by atoms with van der Waals surface area (Å²) in [6.07, 6.45) is 0. The molecule has 0 aliphatic heterocycles. The molecule has 0 atom stereocenters. The molecule has 13 aromatic carbocycles. The Labute approximate surface area is 645 Å². The fourth-order valence-electron chi connectivity index (χ4n) is 14.0. The van der Waals surface area contributed by atoms with E-state index in [9.17, 15) is 0 Å². The van der Waals surface area contributed by atoms with Crippen LogP contribution in [0.4, 0.5) is 0 Å². The minimum atomic E-state index is 0.177. The Morgan fingerprint density at radius 2 is 0.748 bits per heavy atom. The Balaban J connectivity index is 0.0000000976. The maximum absolute atomic E-state index is 6.54. The number of aromatic nitrogens is 8. The zero-order valence-corrected chi connectivity index (χ0v) is 62.3. The van der Waals surface area contributed by atoms with E-state index < -0.39 is 0 Å². The molecule has 10 nitrogen and oxygen atoms in total. The Kier molecular flexibility index (Phi) is 17.3. The molecule has 0 saturated heterocycles. The van der Waals surface area contributed by atoms with Gasteiger partial charge in [0.15, 0.2) is 11.6 Å². The minimum absolute atomic E-state index is 0.177. The molecule has 17 heteroatoms. The van der Waals surface area contributed by atoms with Crippen molar-refractivity contribution in [2.75, 3.05) is 0 Å². The molecule has 0 radical (unpaired) electrons. The number of nitrogens with zero attached hydrogens (tertiary/aromatic N) is 8. The lowest BCUT2D eigenvalue weighted by Crippen LogP contribution is -1.93. The molecule has 0 saturated carbocycles. The van der Waals surface area contributed by atoms with Crippen LogP contribution in [-0.2, 0) is 0 Å². The molecule has 0 fully saturated rings. The molecule has 9 aromatic heterocycles. The van der Waals surface area contributed by atoms with Crippen molar-refractivity contribution in [3.05, 3.63) is 324 Å². The summed E-state index contributed by atoms with van der Waals surface area (Å²) < 4.78 is 17.9. The van der Waals surface area contributed by atoms with Gasteiger partial charge in [0.25, 0.3) is 0 Å². The average Bonchev–Trinajstić information content (AvgIpc) is 1.69. The van der Waals surface area contributed by atoms with Crippen LogP contribution in [-0.4, -0.2) is 39.9 Å². The summed E-state index contributed by atoms with van der Waals surface area (Å²) in [6.45, 7) is 0. The van der Waals surface area contributed by atoms with Gasteiger partial charge >= 0.3 is 0 Å². The lowest BCUT2D eigenvalue weighted by atomic mass is 9.98. The summed E-state index contributed by atoms with van der Waals surface area (Å²) >= 11 is 27.6. The van der Waals surface area contributed by atoms with Crippen molar-refractivity contribution < 1.29 is 8.83 Å². The number of fused-ring (bicyclic) bond motifs is 17. The van der Waals surface area contributed by atoms with Crippen molar-refractivity contribution in [2.45, 2.75) is 0 Å². The highest BCUT2D eigenvalue weighted by Crippen LogP contribution is 2.44. The van der Waals surface area contributed by atoms with Crippen molar-refractivity contribution in [2.24, 2.45) is 0 Å². The van der Waals surface area contributed by atoms with Crippen LogP contribution in [0.25, 0.3) is 194 Å². The zero-order valence-electron chi connectivity index (χ0n) is 56.0. The molecule has 9 heterocycles. The van der Waals surface area contributed by atoms with Crippen molar-refractivity contribution >= 4 is 211 Å². The average molecular weight is 1560 g/mol. The fraction of sp³-hybridized carbons (Fsp3) is 0. The van der Waals surface area contributed by atoms with Gasteiger partial charge in [-0.25, -0.2) is 29.9 Å². The third-order valence-corrected chi connectivity index (χ3v) is 23.3. The van der Waals surface area contributed by atoms with Crippen LogP contribution in [0.15, 0.2) is 317 Å². The predicted molar refractivity (Wildman–Crippen MR) is 452 cm³/mol. The molecule has 0 unspecified atom stereocenters. The molecule has 22 aromatic rings. The molecule has 0 spiro atoms. The first kappa shape index (κ1) is 66.0. The Bertz CT molecular complexity index is 7230. The summed E-state index contributed by atoms with van der Waals surface area (Å²) in [5.74, 6) is 1.33. The second-order valence-corrected chi connectivity index (χ2v) is 30.5. The highest BCUT2D eigenvalue weighted by Gasteiger charge is 2.22. The van der Waals surface area contributed by atoms with E-state index in [1.54, 1.807) is 22.7 Å². The molecule has 0 aliphatic carbocycles. The van der Waals surface area contributed by atoms with Gasteiger partial charge in [-0.1, -0.05) is 270 Å². The molecular weight excluding hydrogens is 1510 g/mol. The molecule has 0 bridgehead atoms. The smallest absolute Gasteiger partial charge is 0.232 e. The van der Waals surface area contributed by atoms with Crippen molar-refractivity contribution in [3.63, 3.8) is 0 Å². The number of thiophene rings is 3. The van der Waals surface area contributed by atoms with E-state index >= 15 is 0 Å². The first-order valence-electron chi connectivity index (χ1n) is 34.2. The number of rotatable bonds is 6. The topological polar surface area (TPSA) is 129 Å². The number of hydrogen-bond donors (Lipinski definition) is 0. The quantitative estimate of drug-likeness (QED) is 0.117. The lowest BCUT2D eigenvalue weighted by molar-refractivity contribution is 0.653. The van der Waals surface area contributed by atoms with Gasteiger partial charge in [-0.2, -0.15) is 9.97 Å². The Morgan fingerprint density at radius 1 is 0.271 bits per heavy atom. The molecule has 22 rings (SSSR count). The van der Waals surface area contributed by atoms with E-state index in [1.807, 2.05) is 139 Å². The third kappa shape index (κ3) is 12.5. The summed E-state index contributed by atoms with van der Waals surface area (Å²) in [6, 6.07) is 103. The van der Waals surface area contributed by atoms with Crippen LogP contribution >= 0.6 is 84.7 Å². The van der Waals surface area contributed by atoms with E-state index in [2.05, 4.69) is 217 Å². The lowest BCUT2D eigenvalue weighted by Gasteiger charge is -2.08. The number of hydrogen-bond acceptors (Lipinski definition) is 13. The first-order chi connectivity index (χ1) is 52.6. The fourth-order valence-corrected chi connectivity index (χ4v) is 18.2. The number of halogens is 4. The SMILES string of the molecule is Brc1ccc(-c2nc(-c3ccccc3)c3c(n2)oc2ccccc23)cc1.Clc1nc(-c2ccc3c(c2)sc2ccccc23)c2c(n1)sc1ccccc12.Clc1nc(-c2ccc3cc(-c4ccccc4)ccc3c2)c2c(n1)oc1ccccc12.Clc1nc(-c2cccc3ccccc23)nc2sc3ccccc3c12. The minimum Gasteiger partial charge on any atom is -0.438 e. The van der Waals surface area contributed by atoms with Gasteiger partial charge in [0.2, 0.25) is 22.0 Å². The van der Waals surface area contributed by atoms with E-state index in [0.29, 0.717) is 33.5 Å². The van der Waals surface area contributed by atoms with Gasteiger partial charge in [0.1, 0.15) is 26.0 Å². The van der Waals surface area contributed by atoms with Crippen LogP contribution in [0.1, 0.15) is 0 Å². The van der Waals surface area contributed by atoms with E-state index in [4.69, 9.17) is 58.6 Å². The molecule has 0 aliphatic rings. The predicted octanol–water partition coefficient (Wildman–Crippen LogP) is 27.8. The van der Waals surface area contributed by atoms with Crippen molar-refractivity contribution in [1.82, 2.24) is 39.9 Å². The maximum atomic E-state index is 6.54. The molecule has 107 heavy (non-hydrogen) atoms. The monoisotopic (exact) mass is 1550 g/mol. The van der Waals surface area contributed by atoms with Gasteiger partial charge in [0, 0.05) is 88.8 Å². The van der Waals surface area contributed by atoms with Crippen LogP contribution < -0.4 is 0 Å². The summed E-state index contributed by atoms with van der Waals surface area (Å²) in [5, 5.41) is 16.4. The molecule has 0 amide bonds. The second kappa shape index (κ2) is 28.0. The van der Waals surface area contributed by atoms with Crippen molar-refractivity contribution in [3.8, 4) is 67.7 Å². The van der Waals surface area contributed by atoms with E-state index in [-0.39, 0.29) is 5.28 Å². The number of benzene rings is 13. The van der Waals surface area contributed by atoms with Crippen molar-refractivity contribution in [1.29, 1.82) is 0 Å². The highest BCUT2D eigenvalue weighted by atomic mass is 79.9. The molecule has 508 valence electrons. The van der Waals surface area contributed by atoms with Gasteiger partial charge in [-0.3, -0.25) is 0 Å². The van der Waals surface area contributed by atoms with Gasteiger partial charge in [0.05, 0.1) is 33.2 Å². The van der Waals surface area contributed by atoms with Crippen LogP contribution in [0.5, 0.6) is 0 Å². The van der Waals surface area contributed by atoms with E-state index in [0.717, 1.165) is 119 Å². The number of para-hydroxylation sites is 2. The maximum Gasteiger partial charge on any atom is 0.232 e. The largest absolute Gasteiger partial charge is 0.438 e. The summed E-state index contributed by atoms with van der Waals surface area (Å²) in [4.78, 5) is 38.8. The summed E-state index contributed by atoms with van der Waals surface area (Å²) in [5.41, 5.74) is 12.8. The van der Waals surface area contributed by atoms with Gasteiger partial charge < -0.3 is 8.83 Å². The third-order valence-electron chi connectivity index (χ3n) is 18.9. The second-order valence-electron chi connectivity index (χ2n) is 25.4. The van der Waals surface area contributed by atoms with Crippen LogP contribution in [0.2, 0.25) is 15.7 Å². The van der Waals surface area contributed by atoms with Crippen LogP contribution in [0, 0.1) is 0 Å². The Hall–Kier alpha value is -11.7. The highest BCUT2D eigenvalue weighted by molar-refractivity contribution is 9.10. The molecule has 0 N–H and O–H groups in total. The number of furan rings is 2.